The number of rotatable bonds is 6. The first kappa shape index (κ1) is 21.3. The number of amides is 3. The van der Waals surface area contributed by atoms with E-state index in [1.807, 2.05) is 24.5 Å². The highest BCUT2D eigenvalue weighted by molar-refractivity contribution is 7.98. The lowest BCUT2D eigenvalue weighted by atomic mass is 10.1. The summed E-state index contributed by atoms with van der Waals surface area (Å²) in [5.74, 6) is -2.13. The fraction of sp³-hybridized carbons (Fsp3) is 0.0833. The minimum atomic E-state index is -0.739. The molecule has 1 aliphatic heterocycles. The lowest BCUT2D eigenvalue weighted by Crippen LogP contribution is -2.29. The maximum atomic E-state index is 12.7. The van der Waals surface area contributed by atoms with Gasteiger partial charge in [-0.3, -0.25) is 14.4 Å². The van der Waals surface area contributed by atoms with Gasteiger partial charge in [-0.2, -0.15) is 0 Å². The van der Waals surface area contributed by atoms with Crippen LogP contribution in [0, 0.1) is 0 Å². The van der Waals surface area contributed by atoms with Crippen LogP contribution in [0.2, 0.25) is 0 Å². The Morgan fingerprint density at radius 3 is 2.28 bits per heavy atom. The monoisotopic (exact) mass is 446 g/mol. The molecule has 0 fully saturated rings. The third-order valence-electron chi connectivity index (χ3n) is 4.82. The van der Waals surface area contributed by atoms with Crippen molar-refractivity contribution in [1.82, 2.24) is 0 Å². The average molecular weight is 446 g/mol. The molecule has 0 radical (unpaired) electrons. The first-order valence-electron chi connectivity index (χ1n) is 9.67. The second-order valence-electron chi connectivity index (χ2n) is 6.90. The summed E-state index contributed by atoms with van der Waals surface area (Å²) in [6, 6.07) is 19.8. The fourth-order valence-corrected chi connectivity index (χ4v) is 3.77. The highest BCUT2D eigenvalue weighted by atomic mass is 32.2. The number of hydrogen-bond donors (Lipinski definition) is 1. The van der Waals surface area contributed by atoms with E-state index < -0.39 is 30.3 Å². The van der Waals surface area contributed by atoms with Crippen LogP contribution in [-0.4, -0.2) is 36.6 Å². The summed E-state index contributed by atoms with van der Waals surface area (Å²) < 4.78 is 5.11. The summed E-state index contributed by atoms with van der Waals surface area (Å²) >= 11 is 1.55. The molecule has 3 aromatic carbocycles. The first-order chi connectivity index (χ1) is 15.5. The van der Waals surface area contributed by atoms with Crippen LogP contribution < -0.4 is 10.2 Å². The van der Waals surface area contributed by atoms with E-state index in [1.54, 1.807) is 54.2 Å². The van der Waals surface area contributed by atoms with Crippen molar-refractivity contribution in [3.8, 4) is 0 Å². The molecular formula is C24H18N2O5S. The number of nitrogens with one attached hydrogen (secondary N) is 1. The van der Waals surface area contributed by atoms with E-state index in [4.69, 9.17) is 4.74 Å². The Balaban J connectivity index is 1.42. The Kier molecular flexibility index (Phi) is 6.04. The topological polar surface area (TPSA) is 92.8 Å². The minimum Gasteiger partial charge on any atom is -0.452 e. The Hall–Kier alpha value is -3.91. The van der Waals surface area contributed by atoms with Gasteiger partial charge in [0.1, 0.15) is 0 Å². The fourth-order valence-electron chi connectivity index (χ4n) is 3.31. The summed E-state index contributed by atoms with van der Waals surface area (Å²) in [6.45, 7) is -0.473. The second kappa shape index (κ2) is 9.07. The van der Waals surface area contributed by atoms with Crippen LogP contribution >= 0.6 is 11.8 Å². The van der Waals surface area contributed by atoms with Crippen LogP contribution in [0.25, 0.3) is 0 Å². The number of nitrogens with zero attached hydrogens (tertiary/aromatic N) is 1. The lowest BCUT2D eigenvalue weighted by Gasteiger charge is -2.15. The zero-order valence-corrected chi connectivity index (χ0v) is 17.8. The molecule has 0 spiro atoms. The number of carbonyl (C=O) groups excluding carboxylic acids is 4. The summed E-state index contributed by atoms with van der Waals surface area (Å²) in [4.78, 5) is 51.9. The smallest absolute Gasteiger partial charge is 0.338 e. The van der Waals surface area contributed by atoms with Gasteiger partial charge in [0.15, 0.2) is 6.61 Å². The quantitative estimate of drug-likeness (QED) is 0.350. The van der Waals surface area contributed by atoms with Crippen LogP contribution in [0.15, 0.2) is 77.7 Å². The van der Waals surface area contributed by atoms with E-state index >= 15 is 0 Å². The zero-order valence-electron chi connectivity index (χ0n) is 17.0. The molecule has 0 saturated carbocycles. The molecule has 1 N–H and O–H groups in total. The molecule has 7 nitrogen and oxygen atoms in total. The third-order valence-corrected chi connectivity index (χ3v) is 5.55. The summed E-state index contributed by atoms with van der Waals surface area (Å²) in [5, 5.41) is 2.67. The van der Waals surface area contributed by atoms with Crippen molar-refractivity contribution in [2.45, 2.75) is 4.90 Å². The minimum absolute atomic E-state index is 0.122. The molecule has 1 aliphatic rings. The summed E-state index contributed by atoms with van der Waals surface area (Å²) in [7, 11) is 0. The van der Waals surface area contributed by atoms with Crippen molar-refractivity contribution in [3.05, 3.63) is 89.5 Å². The predicted molar refractivity (Wildman–Crippen MR) is 121 cm³/mol. The normalized spacial score (nSPS) is 12.5. The molecule has 0 saturated heterocycles. The molecule has 8 heteroatoms. The molecule has 0 aromatic heterocycles. The number of esters is 1. The van der Waals surface area contributed by atoms with E-state index in [-0.39, 0.29) is 11.3 Å². The van der Waals surface area contributed by atoms with Gasteiger partial charge in [-0.15, -0.1) is 11.8 Å². The standard InChI is InChI=1S/C24H18N2O5S/c1-32-18-9-5-7-16(13-18)25-21(27)14-31-24(30)15-6-4-8-17(12-15)26-22(28)19-10-2-3-11-20(19)23(26)29/h2-13H,14H2,1H3,(H,25,27). The van der Waals surface area contributed by atoms with Crippen LogP contribution in [0.5, 0.6) is 0 Å². The number of hydrogen-bond acceptors (Lipinski definition) is 6. The highest BCUT2D eigenvalue weighted by Gasteiger charge is 2.36. The van der Waals surface area contributed by atoms with Crippen LogP contribution in [0.1, 0.15) is 31.1 Å². The molecule has 3 amide bonds. The number of ether oxygens (including phenoxy) is 1. The number of carbonyl (C=O) groups is 4. The van der Waals surface area contributed by atoms with Gasteiger partial charge >= 0.3 is 5.97 Å². The Morgan fingerprint density at radius 1 is 0.906 bits per heavy atom. The maximum absolute atomic E-state index is 12.7. The number of imide groups is 1. The number of thioether (sulfide) groups is 1. The summed E-state index contributed by atoms with van der Waals surface area (Å²) in [6.07, 6.45) is 1.93. The van der Waals surface area contributed by atoms with E-state index in [0.29, 0.717) is 16.8 Å². The predicted octanol–water partition coefficient (Wildman–Crippen LogP) is 4.00. The van der Waals surface area contributed by atoms with Gasteiger partial charge in [0.25, 0.3) is 17.7 Å². The van der Waals surface area contributed by atoms with Gasteiger partial charge in [-0.05, 0) is 54.8 Å². The van der Waals surface area contributed by atoms with Crippen molar-refractivity contribution in [3.63, 3.8) is 0 Å². The lowest BCUT2D eigenvalue weighted by molar-refractivity contribution is -0.119. The van der Waals surface area contributed by atoms with Gasteiger partial charge in [0.05, 0.1) is 22.4 Å². The van der Waals surface area contributed by atoms with Gasteiger partial charge in [-0.25, -0.2) is 9.69 Å². The molecule has 0 aliphatic carbocycles. The van der Waals surface area contributed by atoms with Crippen LogP contribution in [0.4, 0.5) is 11.4 Å². The van der Waals surface area contributed by atoms with Crippen molar-refractivity contribution in [2.24, 2.45) is 0 Å². The molecule has 160 valence electrons. The molecular weight excluding hydrogens is 428 g/mol. The molecule has 0 bridgehead atoms. The molecule has 32 heavy (non-hydrogen) atoms. The number of benzene rings is 3. The van der Waals surface area contributed by atoms with Crippen molar-refractivity contribution in [1.29, 1.82) is 0 Å². The molecule has 0 atom stereocenters. The van der Waals surface area contributed by atoms with E-state index in [2.05, 4.69) is 5.32 Å². The average Bonchev–Trinajstić information content (AvgIpc) is 3.08. The van der Waals surface area contributed by atoms with Gasteiger partial charge < -0.3 is 10.1 Å². The number of fused-ring (bicyclic) bond motifs is 1. The van der Waals surface area contributed by atoms with Gasteiger partial charge in [0.2, 0.25) is 0 Å². The third kappa shape index (κ3) is 4.26. The highest BCUT2D eigenvalue weighted by Crippen LogP contribution is 2.28. The van der Waals surface area contributed by atoms with E-state index in [0.717, 1.165) is 9.80 Å². The molecule has 1 heterocycles. The largest absolute Gasteiger partial charge is 0.452 e. The second-order valence-corrected chi connectivity index (χ2v) is 7.78. The van der Waals surface area contributed by atoms with Gasteiger partial charge in [0, 0.05) is 10.6 Å². The maximum Gasteiger partial charge on any atom is 0.338 e. The van der Waals surface area contributed by atoms with Crippen LogP contribution in [0.3, 0.4) is 0 Å². The molecule has 3 aromatic rings. The SMILES string of the molecule is CSc1cccc(NC(=O)COC(=O)c2cccc(N3C(=O)c4ccccc4C3=O)c2)c1. The summed E-state index contributed by atoms with van der Waals surface area (Å²) in [5.41, 5.74) is 1.60. The van der Waals surface area contributed by atoms with Crippen molar-refractivity contribution in [2.75, 3.05) is 23.1 Å². The van der Waals surface area contributed by atoms with E-state index in [9.17, 15) is 19.2 Å². The zero-order chi connectivity index (χ0) is 22.7. The Labute approximate surface area is 188 Å². The van der Waals surface area contributed by atoms with Crippen molar-refractivity contribution >= 4 is 46.8 Å². The first-order valence-corrected chi connectivity index (χ1v) is 10.9. The Bertz CT molecular complexity index is 1210. The Morgan fingerprint density at radius 2 is 1.59 bits per heavy atom. The van der Waals surface area contributed by atoms with Crippen LogP contribution in [-0.2, 0) is 9.53 Å². The molecule has 0 unspecified atom stereocenters. The van der Waals surface area contributed by atoms with E-state index in [1.165, 1.54) is 12.1 Å². The van der Waals surface area contributed by atoms with Crippen molar-refractivity contribution < 1.29 is 23.9 Å². The molecule has 4 rings (SSSR count). The van der Waals surface area contributed by atoms with Gasteiger partial charge in [-0.1, -0.05) is 24.3 Å². The number of anilines is 2.